The monoisotopic (exact) mass is 476 g/mol. The molecule has 0 aromatic heterocycles. The van der Waals surface area contributed by atoms with Crippen LogP contribution in [0.1, 0.15) is 134 Å². The zero-order valence-corrected chi connectivity index (χ0v) is 22.9. The molecule has 1 heteroatoms. The van der Waals surface area contributed by atoms with E-state index < -0.39 is 0 Å². The molecule has 0 unspecified atom stereocenters. The van der Waals surface area contributed by atoms with Gasteiger partial charge in [-0.3, -0.25) is 0 Å². The van der Waals surface area contributed by atoms with E-state index in [2.05, 4.69) is 62.4 Å². The van der Waals surface area contributed by atoms with Crippen molar-refractivity contribution in [2.75, 3.05) is 6.61 Å². The highest BCUT2D eigenvalue weighted by Gasteiger charge is 2.22. The van der Waals surface area contributed by atoms with Crippen molar-refractivity contribution in [1.29, 1.82) is 0 Å². The molecule has 0 heterocycles. The van der Waals surface area contributed by atoms with Gasteiger partial charge in [0.05, 0.1) is 6.61 Å². The second kappa shape index (κ2) is 16.8. The Bertz CT molecular complexity index is 767. The Morgan fingerprint density at radius 1 is 0.571 bits per heavy atom. The smallest absolute Gasteiger partial charge is 0.119 e. The second-order valence-electron chi connectivity index (χ2n) is 11.0. The fourth-order valence-electron chi connectivity index (χ4n) is 5.76. The summed E-state index contributed by atoms with van der Waals surface area (Å²) < 4.78 is 5.93. The summed E-state index contributed by atoms with van der Waals surface area (Å²) in [5.74, 6) is 2.75. The molecular formula is C34H52O. The maximum Gasteiger partial charge on any atom is 0.119 e. The fourth-order valence-corrected chi connectivity index (χ4v) is 5.76. The van der Waals surface area contributed by atoms with E-state index in [0.29, 0.717) is 0 Å². The molecule has 1 aliphatic rings. The van der Waals surface area contributed by atoms with Gasteiger partial charge in [0.15, 0.2) is 0 Å². The summed E-state index contributed by atoms with van der Waals surface area (Å²) in [5.41, 5.74) is 4.14. The molecule has 0 bridgehead atoms. The number of hydrogen-bond acceptors (Lipinski definition) is 1. The highest BCUT2D eigenvalue weighted by Crippen LogP contribution is 2.38. The SMILES string of the molecule is CCCCCCCCCC1CCC(c2ccc(-c3ccc(OCCCCCCC)cc3)cc2)CC1. The molecule has 0 saturated heterocycles. The highest BCUT2D eigenvalue weighted by atomic mass is 16.5. The Morgan fingerprint density at radius 3 is 1.69 bits per heavy atom. The molecule has 0 amide bonds. The lowest BCUT2D eigenvalue weighted by atomic mass is 9.77. The van der Waals surface area contributed by atoms with Crippen LogP contribution in [0, 0.1) is 5.92 Å². The Labute approximate surface area is 217 Å². The summed E-state index contributed by atoms with van der Waals surface area (Å²) in [6.45, 7) is 5.39. The van der Waals surface area contributed by atoms with Gasteiger partial charge in [-0.05, 0) is 72.8 Å². The largest absolute Gasteiger partial charge is 0.494 e. The normalized spacial score (nSPS) is 18.0. The topological polar surface area (TPSA) is 9.23 Å². The van der Waals surface area contributed by atoms with Crippen LogP contribution in [-0.2, 0) is 0 Å². The Kier molecular flexibility index (Phi) is 13.4. The van der Waals surface area contributed by atoms with Gasteiger partial charge >= 0.3 is 0 Å². The molecule has 1 fully saturated rings. The summed E-state index contributed by atoms with van der Waals surface area (Å²) in [5, 5.41) is 0. The molecule has 2 aromatic rings. The fraction of sp³-hybridized carbons (Fsp3) is 0.647. The van der Waals surface area contributed by atoms with Crippen LogP contribution in [0.15, 0.2) is 48.5 Å². The van der Waals surface area contributed by atoms with Gasteiger partial charge in [-0.1, -0.05) is 127 Å². The molecule has 1 saturated carbocycles. The van der Waals surface area contributed by atoms with Crippen molar-refractivity contribution >= 4 is 0 Å². The maximum absolute atomic E-state index is 5.93. The average molecular weight is 477 g/mol. The summed E-state index contributed by atoms with van der Waals surface area (Å²) in [7, 11) is 0. The lowest BCUT2D eigenvalue weighted by molar-refractivity contribution is 0.302. The van der Waals surface area contributed by atoms with Gasteiger partial charge < -0.3 is 4.74 Å². The van der Waals surface area contributed by atoms with E-state index in [1.54, 1.807) is 5.56 Å². The average Bonchev–Trinajstić information content (AvgIpc) is 2.91. The number of benzene rings is 2. The first-order valence-electron chi connectivity index (χ1n) is 15.1. The van der Waals surface area contributed by atoms with Crippen LogP contribution >= 0.6 is 0 Å². The molecule has 3 rings (SSSR count). The van der Waals surface area contributed by atoms with Crippen LogP contribution < -0.4 is 4.74 Å². The predicted molar refractivity (Wildman–Crippen MR) is 153 cm³/mol. The zero-order valence-electron chi connectivity index (χ0n) is 22.9. The van der Waals surface area contributed by atoms with E-state index in [-0.39, 0.29) is 0 Å². The molecule has 0 radical (unpaired) electrons. The van der Waals surface area contributed by atoms with E-state index in [1.165, 1.54) is 114 Å². The Hall–Kier alpha value is -1.76. The number of unbranched alkanes of at least 4 members (excludes halogenated alkanes) is 10. The van der Waals surface area contributed by atoms with E-state index in [4.69, 9.17) is 4.74 Å². The van der Waals surface area contributed by atoms with Crippen LogP contribution in [0.5, 0.6) is 5.75 Å². The second-order valence-corrected chi connectivity index (χ2v) is 11.0. The van der Waals surface area contributed by atoms with E-state index >= 15 is 0 Å². The van der Waals surface area contributed by atoms with Gasteiger partial charge in [0.2, 0.25) is 0 Å². The number of hydrogen-bond donors (Lipinski definition) is 0. The minimum atomic E-state index is 0.766. The number of rotatable bonds is 17. The summed E-state index contributed by atoms with van der Waals surface area (Å²) in [4.78, 5) is 0. The molecular weight excluding hydrogens is 424 g/mol. The number of ether oxygens (including phenoxy) is 1. The standard InChI is InChI=1S/C34H52O/c1-3-5-7-9-10-11-13-15-29-16-18-30(19-17-29)31-20-22-32(23-21-31)33-24-26-34(27-25-33)35-28-14-12-8-6-4-2/h20-27,29-30H,3-19,28H2,1-2H3. The minimum Gasteiger partial charge on any atom is -0.494 e. The summed E-state index contributed by atoms with van der Waals surface area (Å²) in [6.07, 6.45) is 23.5. The van der Waals surface area contributed by atoms with Crippen molar-refractivity contribution in [3.63, 3.8) is 0 Å². The quantitative estimate of drug-likeness (QED) is 0.206. The highest BCUT2D eigenvalue weighted by molar-refractivity contribution is 5.64. The molecule has 0 atom stereocenters. The van der Waals surface area contributed by atoms with Gasteiger partial charge in [-0.15, -0.1) is 0 Å². The van der Waals surface area contributed by atoms with Gasteiger partial charge in [-0.25, -0.2) is 0 Å². The Balaban J connectivity index is 1.35. The maximum atomic E-state index is 5.93. The van der Waals surface area contributed by atoms with E-state index in [9.17, 15) is 0 Å². The first kappa shape index (κ1) is 27.8. The molecule has 0 aliphatic heterocycles. The molecule has 1 nitrogen and oxygen atoms in total. The van der Waals surface area contributed by atoms with Crippen molar-refractivity contribution in [1.82, 2.24) is 0 Å². The van der Waals surface area contributed by atoms with Crippen LogP contribution in [0.4, 0.5) is 0 Å². The first-order chi connectivity index (χ1) is 17.3. The molecule has 35 heavy (non-hydrogen) atoms. The van der Waals surface area contributed by atoms with Crippen molar-refractivity contribution < 1.29 is 4.74 Å². The van der Waals surface area contributed by atoms with E-state index in [0.717, 1.165) is 30.6 Å². The van der Waals surface area contributed by atoms with Gasteiger partial charge in [-0.2, -0.15) is 0 Å². The predicted octanol–water partition coefficient (Wildman–Crippen LogP) is 11.1. The molecule has 0 N–H and O–H groups in total. The van der Waals surface area contributed by atoms with Gasteiger partial charge in [0.1, 0.15) is 5.75 Å². The van der Waals surface area contributed by atoms with Crippen LogP contribution in [0.3, 0.4) is 0 Å². The molecule has 1 aliphatic carbocycles. The summed E-state index contributed by atoms with van der Waals surface area (Å²) in [6, 6.07) is 18.1. The van der Waals surface area contributed by atoms with Crippen molar-refractivity contribution in [2.45, 2.75) is 129 Å². The van der Waals surface area contributed by atoms with Gasteiger partial charge in [0.25, 0.3) is 0 Å². The third kappa shape index (κ3) is 10.4. The van der Waals surface area contributed by atoms with Crippen molar-refractivity contribution in [3.05, 3.63) is 54.1 Å². The third-order valence-corrected chi connectivity index (χ3v) is 8.15. The minimum absolute atomic E-state index is 0.766. The lowest BCUT2D eigenvalue weighted by Crippen LogP contribution is -2.13. The lowest BCUT2D eigenvalue weighted by Gasteiger charge is -2.29. The van der Waals surface area contributed by atoms with E-state index in [1.807, 2.05) is 0 Å². The Morgan fingerprint density at radius 2 is 1.09 bits per heavy atom. The van der Waals surface area contributed by atoms with Crippen LogP contribution in [0.25, 0.3) is 11.1 Å². The molecule has 194 valence electrons. The van der Waals surface area contributed by atoms with Crippen LogP contribution in [0.2, 0.25) is 0 Å². The molecule has 0 spiro atoms. The molecule has 2 aromatic carbocycles. The van der Waals surface area contributed by atoms with Crippen molar-refractivity contribution in [2.24, 2.45) is 5.92 Å². The van der Waals surface area contributed by atoms with Gasteiger partial charge in [0, 0.05) is 0 Å². The van der Waals surface area contributed by atoms with Crippen LogP contribution in [-0.4, -0.2) is 6.61 Å². The van der Waals surface area contributed by atoms with Crippen molar-refractivity contribution in [3.8, 4) is 16.9 Å². The third-order valence-electron chi connectivity index (χ3n) is 8.15. The zero-order chi connectivity index (χ0) is 24.6. The first-order valence-corrected chi connectivity index (χ1v) is 15.1. The summed E-state index contributed by atoms with van der Waals surface area (Å²) >= 11 is 0.